The molecule has 2 heterocycles. The van der Waals surface area contributed by atoms with E-state index in [0.29, 0.717) is 11.9 Å². The highest BCUT2D eigenvalue weighted by Crippen LogP contribution is 2.28. The van der Waals surface area contributed by atoms with Crippen LogP contribution in [0.1, 0.15) is 32.1 Å². The Morgan fingerprint density at radius 3 is 2.80 bits per heavy atom. The van der Waals surface area contributed by atoms with E-state index < -0.39 is 0 Å². The van der Waals surface area contributed by atoms with Gasteiger partial charge in [0.25, 0.3) is 0 Å². The van der Waals surface area contributed by atoms with Crippen LogP contribution in [0.3, 0.4) is 0 Å². The lowest BCUT2D eigenvalue weighted by Gasteiger charge is -2.16. The van der Waals surface area contributed by atoms with Crippen molar-refractivity contribution >= 4 is 33.5 Å². The Hall–Kier alpha value is -1.61. The molecule has 0 bridgehead atoms. The summed E-state index contributed by atoms with van der Waals surface area (Å²) in [5.41, 5.74) is 3.16. The summed E-state index contributed by atoms with van der Waals surface area (Å²) in [6.45, 7) is 4.43. The molecular formula is C16H18ClN3. The zero-order valence-corrected chi connectivity index (χ0v) is 12.6. The van der Waals surface area contributed by atoms with E-state index in [2.05, 4.69) is 35.5 Å². The molecule has 1 unspecified atom stereocenters. The lowest BCUT2D eigenvalue weighted by molar-refractivity contribution is 0.525. The van der Waals surface area contributed by atoms with Crippen molar-refractivity contribution in [3.8, 4) is 0 Å². The lowest BCUT2D eigenvalue weighted by atomic mass is 10.1. The maximum absolute atomic E-state index is 5.93. The number of para-hydroxylation sites is 1. The molecule has 1 atom stereocenters. The fraction of sp³-hybridized carbons (Fsp3) is 0.375. The quantitative estimate of drug-likeness (QED) is 0.669. The van der Waals surface area contributed by atoms with Gasteiger partial charge in [-0.3, -0.25) is 4.98 Å². The third-order valence-corrected chi connectivity index (χ3v) is 4.03. The summed E-state index contributed by atoms with van der Waals surface area (Å²) in [7, 11) is 0. The van der Waals surface area contributed by atoms with Crippen molar-refractivity contribution in [3.63, 3.8) is 0 Å². The molecular weight excluding hydrogens is 270 g/mol. The predicted octanol–water partition coefficient (Wildman–Crippen LogP) is 4.34. The molecule has 104 valence electrons. The standard InChI is InChI=1S/C16H18ClN3/c1-3-11(2)20-15(8-9-17)19-14-10-18-13-7-5-4-6-12(13)16(14)20/h4-7,10-11H,3,8-9H2,1-2H3. The summed E-state index contributed by atoms with van der Waals surface area (Å²) in [5.74, 6) is 1.65. The highest BCUT2D eigenvalue weighted by molar-refractivity contribution is 6.18. The molecule has 0 amide bonds. The van der Waals surface area contributed by atoms with E-state index in [0.717, 1.165) is 29.7 Å². The van der Waals surface area contributed by atoms with E-state index in [-0.39, 0.29) is 0 Å². The van der Waals surface area contributed by atoms with Gasteiger partial charge >= 0.3 is 0 Å². The number of fused-ring (bicyclic) bond motifs is 3. The van der Waals surface area contributed by atoms with Crippen LogP contribution in [-0.2, 0) is 6.42 Å². The van der Waals surface area contributed by atoms with Crippen molar-refractivity contribution in [2.45, 2.75) is 32.7 Å². The van der Waals surface area contributed by atoms with Crippen LogP contribution >= 0.6 is 11.6 Å². The van der Waals surface area contributed by atoms with Gasteiger partial charge in [0.15, 0.2) is 0 Å². The first kappa shape index (κ1) is 13.4. The van der Waals surface area contributed by atoms with Crippen molar-refractivity contribution in [1.82, 2.24) is 14.5 Å². The number of rotatable bonds is 4. The summed E-state index contributed by atoms with van der Waals surface area (Å²) in [4.78, 5) is 9.24. The molecule has 0 aliphatic heterocycles. The Kier molecular flexibility index (Phi) is 3.62. The highest BCUT2D eigenvalue weighted by Gasteiger charge is 2.17. The number of hydrogen-bond donors (Lipinski definition) is 0. The minimum atomic E-state index is 0.407. The molecule has 4 heteroatoms. The van der Waals surface area contributed by atoms with Gasteiger partial charge in [0.1, 0.15) is 11.3 Å². The molecule has 3 nitrogen and oxygen atoms in total. The van der Waals surface area contributed by atoms with Crippen molar-refractivity contribution in [2.75, 3.05) is 5.88 Å². The second-order valence-electron chi connectivity index (χ2n) is 5.10. The van der Waals surface area contributed by atoms with Crippen molar-refractivity contribution in [2.24, 2.45) is 0 Å². The number of aryl methyl sites for hydroxylation is 1. The summed E-state index contributed by atoms with van der Waals surface area (Å²) >= 11 is 5.93. The van der Waals surface area contributed by atoms with Gasteiger partial charge in [-0.2, -0.15) is 0 Å². The van der Waals surface area contributed by atoms with Crippen LogP contribution in [0, 0.1) is 0 Å². The average molecular weight is 288 g/mol. The molecule has 3 aromatic rings. The molecule has 0 N–H and O–H groups in total. The van der Waals surface area contributed by atoms with Gasteiger partial charge in [-0.1, -0.05) is 25.1 Å². The van der Waals surface area contributed by atoms with Gasteiger partial charge in [-0.15, -0.1) is 11.6 Å². The first-order valence-electron chi connectivity index (χ1n) is 7.06. The van der Waals surface area contributed by atoms with Crippen LogP contribution in [0.2, 0.25) is 0 Å². The van der Waals surface area contributed by atoms with E-state index in [1.807, 2.05) is 18.3 Å². The van der Waals surface area contributed by atoms with E-state index >= 15 is 0 Å². The zero-order chi connectivity index (χ0) is 14.1. The Morgan fingerprint density at radius 2 is 2.05 bits per heavy atom. The van der Waals surface area contributed by atoms with Crippen molar-refractivity contribution in [3.05, 3.63) is 36.3 Å². The van der Waals surface area contributed by atoms with Crippen LogP contribution in [0.4, 0.5) is 0 Å². The summed E-state index contributed by atoms with van der Waals surface area (Å²) in [5, 5.41) is 1.17. The van der Waals surface area contributed by atoms with E-state index in [1.54, 1.807) is 0 Å². The third-order valence-electron chi connectivity index (χ3n) is 3.85. The fourth-order valence-electron chi connectivity index (χ4n) is 2.69. The van der Waals surface area contributed by atoms with Gasteiger partial charge in [-0.05, 0) is 19.4 Å². The summed E-state index contributed by atoms with van der Waals surface area (Å²) < 4.78 is 2.34. The molecule has 20 heavy (non-hydrogen) atoms. The largest absolute Gasteiger partial charge is 0.325 e. The molecule has 1 aromatic carbocycles. The minimum Gasteiger partial charge on any atom is -0.325 e. The predicted molar refractivity (Wildman–Crippen MR) is 84.5 cm³/mol. The van der Waals surface area contributed by atoms with Crippen LogP contribution in [0.25, 0.3) is 21.9 Å². The monoisotopic (exact) mass is 287 g/mol. The fourth-order valence-corrected chi connectivity index (χ4v) is 2.86. The van der Waals surface area contributed by atoms with Crippen LogP contribution in [0.15, 0.2) is 30.5 Å². The van der Waals surface area contributed by atoms with Crippen LogP contribution in [0.5, 0.6) is 0 Å². The molecule has 0 radical (unpaired) electrons. The van der Waals surface area contributed by atoms with Crippen LogP contribution in [-0.4, -0.2) is 20.4 Å². The molecule has 0 saturated carbocycles. The third kappa shape index (κ3) is 2.06. The van der Waals surface area contributed by atoms with E-state index in [4.69, 9.17) is 16.6 Å². The Labute approximate surface area is 123 Å². The Bertz CT molecular complexity index is 748. The molecule has 0 spiro atoms. The maximum atomic E-state index is 5.93. The highest BCUT2D eigenvalue weighted by atomic mass is 35.5. The van der Waals surface area contributed by atoms with Crippen molar-refractivity contribution < 1.29 is 0 Å². The maximum Gasteiger partial charge on any atom is 0.111 e. The normalized spacial score (nSPS) is 13.2. The zero-order valence-electron chi connectivity index (χ0n) is 11.8. The molecule has 0 aliphatic carbocycles. The first-order chi connectivity index (χ1) is 9.76. The molecule has 2 aromatic heterocycles. The number of nitrogens with zero attached hydrogens (tertiary/aromatic N) is 3. The first-order valence-corrected chi connectivity index (χ1v) is 7.60. The summed E-state index contributed by atoms with van der Waals surface area (Å²) in [6.07, 6.45) is 3.72. The van der Waals surface area contributed by atoms with Gasteiger partial charge in [0.05, 0.1) is 17.2 Å². The Morgan fingerprint density at radius 1 is 1.25 bits per heavy atom. The van der Waals surface area contributed by atoms with Gasteiger partial charge < -0.3 is 4.57 Å². The SMILES string of the molecule is CCC(C)n1c(CCCl)nc2cnc3ccccc3c21. The second-order valence-corrected chi connectivity index (χ2v) is 5.48. The van der Waals surface area contributed by atoms with Gasteiger partial charge in [-0.25, -0.2) is 4.98 Å². The molecule has 0 fully saturated rings. The number of aromatic nitrogens is 3. The van der Waals surface area contributed by atoms with Crippen LogP contribution < -0.4 is 0 Å². The number of halogens is 1. The number of benzene rings is 1. The molecule has 0 saturated heterocycles. The number of pyridine rings is 1. The molecule has 3 rings (SSSR count). The average Bonchev–Trinajstić information content (AvgIpc) is 2.85. The van der Waals surface area contributed by atoms with Gasteiger partial charge in [0, 0.05) is 23.7 Å². The number of hydrogen-bond acceptors (Lipinski definition) is 2. The van der Waals surface area contributed by atoms with E-state index in [1.165, 1.54) is 10.9 Å². The topological polar surface area (TPSA) is 30.7 Å². The number of alkyl halides is 1. The minimum absolute atomic E-state index is 0.407. The lowest BCUT2D eigenvalue weighted by Crippen LogP contribution is -2.09. The smallest absolute Gasteiger partial charge is 0.111 e. The Balaban J connectivity index is 2.39. The summed E-state index contributed by atoms with van der Waals surface area (Å²) in [6, 6.07) is 8.65. The second kappa shape index (κ2) is 5.41. The molecule has 0 aliphatic rings. The number of imidazole rings is 1. The van der Waals surface area contributed by atoms with Crippen molar-refractivity contribution in [1.29, 1.82) is 0 Å². The van der Waals surface area contributed by atoms with Gasteiger partial charge in [0.2, 0.25) is 0 Å². The van der Waals surface area contributed by atoms with E-state index in [9.17, 15) is 0 Å².